The molecule has 3 aromatic rings. The molecule has 1 aliphatic rings. The molecule has 0 unspecified atom stereocenters. The second-order valence-corrected chi connectivity index (χ2v) is 7.49. The van der Waals surface area contributed by atoms with Crippen molar-refractivity contribution in [2.75, 3.05) is 25.5 Å². The maximum absolute atomic E-state index is 13.2. The van der Waals surface area contributed by atoms with E-state index in [2.05, 4.69) is 20.4 Å². The number of amides is 1. The standard InChI is InChI=1S/C22H26N6O2/c1-4-17-20(14(2)30-27-17)22(29)28-11-5-6-16(13-28)18-12-19(23-3)26-21(25-18)15-7-9-24-10-8-15/h7-10,12,16H,4-6,11,13H2,1-3H3,(H,23,25,26)/t16-/m0/s1. The van der Waals surface area contributed by atoms with Crippen molar-refractivity contribution in [3.05, 3.63) is 53.3 Å². The van der Waals surface area contributed by atoms with Crippen molar-refractivity contribution in [3.63, 3.8) is 0 Å². The monoisotopic (exact) mass is 406 g/mol. The van der Waals surface area contributed by atoms with Gasteiger partial charge in [-0.3, -0.25) is 9.78 Å². The van der Waals surface area contributed by atoms with Gasteiger partial charge in [0.05, 0.1) is 11.4 Å². The largest absolute Gasteiger partial charge is 0.373 e. The van der Waals surface area contributed by atoms with Gasteiger partial charge in [-0.2, -0.15) is 0 Å². The van der Waals surface area contributed by atoms with Gasteiger partial charge in [-0.1, -0.05) is 12.1 Å². The zero-order valence-electron chi connectivity index (χ0n) is 17.6. The Morgan fingerprint density at radius 2 is 2.10 bits per heavy atom. The summed E-state index contributed by atoms with van der Waals surface area (Å²) in [5.41, 5.74) is 3.18. The van der Waals surface area contributed by atoms with Crippen LogP contribution in [0.5, 0.6) is 0 Å². The maximum atomic E-state index is 13.2. The van der Waals surface area contributed by atoms with E-state index in [0.29, 0.717) is 30.1 Å². The van der Waals surface area contributed by atoms with Gasteiger partial charge in [-0.15, -0.1) is 0 Å². The van der Waals surface area contributed by atoms with Crippen LogP contribution in [0, 0.1) is 6.92 Å². The first-order valence-electron chi connectivity index (χ1n) is 10.3. The summed E-state index contributed by atoms with van der Waals surface area (Å²) in [5, 5.41) is 7.17. The molecule has 3 aromatic heterocycles. The molecule has 0 aliphatic carbocycles. The molecule has 8 heteroatoms. The van der Waals surface area contributed by atoms with Crippen molar-refractivity contribution >= 4 is 11.7 Å². The highest BCUT2D eigenvalue weighted by molar-refractivity contribution is 5.96. The van der Waals surface area contributed by atoms with E-state index in [4.69, 9.17) is 9.51 Å². The molecule has 156 valence electrons. The molecule has 1 saturated heterocycles. The third-order valence-corrected chi connectivity index (χ3v) is 5.55. The van der Waals surface area contributed by atoms with Crippen molar-refractivity contribution < 1.29 is 9.32 Å². The molecule has 0 saturated carbocycles. The number of carbonyl (C=O) groups is 1. The Morgan fingerprint density at radius 3 is 2.83 bits per heavy atom. The van der Waals surface area contributed by atoms with E-state index in [1.54, 1.807) is 19.3 Å². The minimum absolute atomic E-state index is 0.00690. The van der Waals surface area contributed by atoms with Gasteiger partial charge < -0.3 is 14.7 Å². The quantitative estimate of drug-likeness (QED) is 0.693. The van der Waals surface area contributed by atoms with Crippen molar-refractivity contribution in [3.8, 4) is 11.4 Å². The second-order valence-electron chi connectivity index (χ2n) is 7.49. The smallest absolute Gasteiger partial charge is 0.259 e. The molecule has 0 aromatic carbocycles. The van der Waals surface area contributed by atoms with E-state index >= 15 is 0 Å². The number of pyridine rings is 1. The van der Waals surface area contributed by atoms with Crippen LogP contribution in [0.15, 0.2) is 35.1 Å². The van der Waals surface area contributed by atoms with Crippen molar-refractivity contribution in [1.29, 1.82) is 0 Å². The van der Waals surface area contributed by atoms with Gasteiger partial charge in [0.2, 0.25) is 0 Å². The van der Waals surface area contributed by atoms with Crippen LogP contribution < -0.4 is 5.32 Å². The zero-order chi connectivity index (χ0) is 21.1. The van der Waals surface area contributed by atoms with E-state index in [1.165, 1.54) is 0 Å². The SMILES string of the molecule is CCc1noc(C)c1C(=O)N1CCC[C@H](c2cc(NC)nc(-c3ccncc3)n2)C1. The second kappa shape index (κ2) is 8.61. The van der Waals surface area contributed by atoms with Crippen LogP contribution in [-0.2, 0) is 6.42 Å². The lowest BCUT2D eigenvalue weighted by Gasteiger charge is -2.32. The van der Waals surface area contributed by atoms with Gasteiger partial charge in [0.15, 0.2) is 5.82 Å². The van der Waals surface area contributed by atoms with Crippen LogP contribution >= 0.6 is 0 Å². The van der Waals surface area contributed by atoms with Gasteiger partial charge in [-0.05, 0) is 38.3 Å². The molecule has 4 rings (SSSR count). The lowest BCUT2D eigenvalue weighted by molar-refractivity contribution is 0.0703. The van der Waals surface area contributed by atoms with E-state index in [1.807, 2.05) is 37.1 Å². The fourth-order valence-electron chi connectivity index (χ4n) is 3.93. The molecule has 0 spiro atoms. The van der Waals surface area contributed by atoms with E-state index in [-0.39, 0.29) is 11.8 Å². The van der Waals surface area contributed by atoms with Crippen molar-refractivity contribution in [2.45, 2.75) is 39.0 Å². The molecule has 0 bridgehead atoms. The van der Waals surface area contributed by atoms with Crippen LogP contribution in [0.1, 0.15) is 53.2 Å². The number of anilines is 1. The van der Waals surface area contributed by atoms with Gasteiger partial charge in [-0.25, -0.2) is 9.97 Å². The van der Waals surface area contributed by atoms with Gasteiger partial charge >= 0.3 is 0 Å². The normalized spacial score (nSPS) is 16.5. The minimum atomic E-state index is -0.00690. The number of carbonyl (C=O) groups excluding carboxylic acids is 1. The molecular weight excluding hydrogens is 380 g/mol. The van der Waals surface area contributed by atoms with E-state index in [9.17, 15) is 4.79 Å². The molecule has 0 radical (unpaired) electrons. The highest BCUT2D eigenvalue weighted by Gasteiger charge is 2.30. The molecule has 1 amide bonds. The summed E-state index contributed by atoms with van der Waals surface area (Å²) < 4.78 is 5.27. The Balaban J connectivity index is 1.62. The Labute approximate surface area is 175 Å². The topological polar surface area (TPSA) is 97.0 Å². The fraction of sp³-hybridized carbons (Fsp3) is 0.409. The van der Waals surface area contributed by atoms with Gasteiger partial charge in [0, 0.05) is 50.1 Å². The Morgan fingerprint density at radius 1 is 1.30 bits per heavy atom. The third-order valence-electron chi connectivity index (χ3n) is 5.55. The van der Waals surface area contributed by atoms with Crippen LogP contribution in [-0.4, -0.2) is 51.1 Å². The lowest BCUT2D eigenvalue weighted by atomic mass is 9.93. The predicted octanol–water partition coefficient (Wildman–Crippen LogP) is 3.46. The summed E-state index contributed by atoms with van der Waals surface area (Å²) in [4.78, 5) is 28.6. The molecule has 1 N–H and O–H groups in total. The highest BCUT2D eigenvalue weighted by atomic mass is 16.5. The Kier molecular flexibility index (Phi) is 5.74. The summed E-state index contributed by atoms with van der Waals surface area (Å²) in [6, 6.07) is 5.78. The molecule has 1 fully saturated rings. The van der Waals surface area contributed by atoms with E-state index in [0.717, 1.165) is 42.2 Å². The number of hydrogen-bond donors (Lipinski definition) is 1. The number of likely N-dealkylation sites (tertiary alicyclic amines) is 1. The first-order chi connectivity index (χ1) is 14.6. The highest BCUT2D eigenvalue weighted by Crippen LogP contribution is 2.30. The summed E-state index contributed by atoms with van der Waals surface area (Å²) >= 11 is 0. The molecule has 30 heavy (non-hydrogen) atoms. The molecular formula is C22H26N6O2. The van der Waals surface area contributed by atoms with Crippen LogP contribution in [0.2, 0.25) is 0 Å². The number of nitrogens with one attached hydrogen (secondary N) is 1. The molecule has 1 atom stereocenters. The summed E-state index contributed by atoms with van der Waals surface area (Å²) in [5.74, 6) is 2.14. The number of piperidine rings is 1. The van der Waals surface area contributed by atoms with Crippen LogP contribution in [0.25, 0.3) is 11.4 Å². The summed E-state index contributed by atoms with van der Waals surface area (Å²) in [7, 11) is 1.85. The van der Waals surface area contributed by atoms with Crippen LogP contribution in [0.3, 0.4) is 0 Å². The molecule has 1 aliphatic heterocycles. The minimum Gasteiger partial charge on any atom is -0.373 e. The molecule has 8 nitrogen and oxygen atoms in total. The molecule has 4 heterocycles. The summed E-state index contributed by atoms with van der Waals surface area (Å²) in [6.07, 6.45) is 6.03. The number of nitrogens with zero attached hydrogens (tertiary/aromatic N) is 5. The number of aryl methyl sites for hydroxylation is 2. The lowest BCUT2D eigenvalue weighted by Crippen LogP contribution is -2.39. The third kappa shape index (κ3) is 3.90. The average Bonchev–Trinajstić information content (AvgIpc) is 3.19. The van der Waals surface area contributed by atoms with Crippen LogP contribution in [0.4, 0.5) is 5.82 Å². The fourth-order valence-corrected chi connectivity index (χ4v) is 3.93. The first kappa shape index (κ1) is 20.0. The number of aromatic nitrogens is 4. The van der Waals surface area contributed by atoms with Crippen molar-refractivity contribution in [2.24, 2.45) is 0 Å². The first-order valence-corrected chi connectivity index (χ1v) is 10.3. The Bertz CT molecular complexity index is 1030. The Hall–Kier alpha value is -3.29. The van der Waals surface area contributed by atoms with Gasteiger partial charge in [0.25, 0.3) is 5.91 Å². The zero-order valence-corrected chi connectivity index (χ0v) is 17.6. The number of rotatable bonds is 5. The average molecular weight is 406 g/mol. The maximum Gasteiger partial charge on any atom is 0.259 e. The summed E-state index contributed by atoms with van der Waals surface area (Å²) in [6.45, 7) is 5.12. The van der Waals surface area contributed by atoms with Gasteiger partial charge in [0.1, 0.15) is 17.1 Å². The number of hydrogen-bond acceptors (Lipinski definition) is 7. The van der Waals surface area contributed by atoms with E-state index < -0.39 is 0 Å². The van der Waals surface area contributed by atoms with Crippen molar-refractivity contribution in [1.82, 2.24) is 25.0 Å². The predicted molar refractivity (Wildman–Crippen MR) is 113 cm³/mol.